The summed E-state index contributed by atoms with van der Waals surface area (Å²) in [5.74, 6) is 0. The second-order valence-electron chi connectivity index (χ2n) is 3.84. The summed E-state index contributed by atoms with van der Waals surface area (Å²) in [6, 6.07) is 3.13. The summed E-state index contributed by atoms with van der Waals surface area (Å²) in [6.07, 6.45) is -5.53. The van der Waals surface area contributed by atoms with Crippen molar-refractivity contribution in [2.24, 2.45) is 0 Å². The van der Waals surface area contributed by atoms with Crippen molar-refractivity contribution < 1.29 is 18.3 Å². The Balaban J connectivity index is 2.14. The van der Waals surface area contributed by atoms with Gasteiger partial charge in [-0.1, -0.05) is 0 Å². The van der Waals surface area contributed by atoms with Gasteiger partial charge in [-0.15, -0.1) is 0 Å². The van der Waals surface area contributed by atoms with Crippen LogP contribution in [0.1, 0.15) is 0 Å². The Morgan fingerprint density at radius 3 is 2.83 bits per heavy atom. The highest BCUT2D eigenvalue weighted by molar-refractivity contribution is 5.88. The molecule has 1 unspecified atom stereocenters. The van der Waals surface area contributed by atoms with Crippen LogP contribution in [0.2, 0.25) is 0 Å². The molecule has 0 amide bonds. The molecular weight excluding hydrogens is 249 g/mol. The fraction of sp³-hybridized carbons (Fsp3) is 0.300. The summed E-state index contributed by atoms with van der Waals surface area (Å²) >= 11 is 0. The number of nitrogen functional groups attached to an aromatic ring is 1. The Labute approximate surface area is 99.8 Å². The van der Waals surface area contributed by atoms with E-state index in [9.17, 15) is 13.2 Å². The molecule has 98 valence electrons. The first-order valence-corrected chi connectivity index (χ1v) is 5.09. The molecule has 2 aromatic rings. The molecule has 0 aliphatic heterocycles. The maximum absolute atomic E-state index is 12.1. The maximum Gasteiger partial charge on any atom is 0.416 e. The van der Waals surface area contributed by atoms with E-state index in [1.807, 2.05) is 0 Å². The molecule has 1 atom stereocenters. The summed E-state index contributed by atoms with van der Waals surface area (Å²) in [5, 5.41) is 18.5. The first-order chi connectivity index (χ1) is 8.38. The number of hydrogen-bond acceptors (Lipinski definition) is 4. The summed E-state index contributed by atoms with van der Waals surface area (Å²) in [5.41, 5.74) is 6.93. The lowest BCUT2D eigenvalue weighted by Crippen LogP contribution is -2.35. The first kappa shape index (κ1) is 12.5. The number of fused-ring (bicyclic) bond motifs is 1. The Bertz CT molecular complexity index is 552. The zero-order chi connectivity index (χ0) is 13.3. The average molecular weight is 260 g/mol. The molecular formula is C10H11F3N4O. The lowest BCUT2D eigenvalue weighted by molar-refractivity contribution is -0.198. The second kappa shape index (κ2) is 4.37. The van der Waals surface area contributed by atoms with Crippen molar-refractivity contribution in [3.63, 3.8) is 0 Å². The SMILES string of the molecule is Nc1cc2cn[nH]c2cc1NCC(O)C(F)(F)F. The highest BCUT2D eigenvalue weighted by atomic mass is 19.4. The molecule has 1 aromatic heterocycles. The van der Waals surface area contributed by atoms with Crippen LogP contribution in [0, 0.1) is 0 Å². The number of nitrogens with one attached hydrogen (secondary N) is 2. The molecule has 5 N–H and O–H groups in total. The predicted octanol–water partition coefficient (Wildman–Crippen LogP) is 1.48. The Morgan fingerprint density at radius 1 is 1.44 bits per heavy atom. The van der Waals surface area contributed by atoms with Gasteiger partial charge >= 0.3 is 6.18 Å². The molecule has 2 rings (SSSR count). The van der Waals surface area contributed by atoms with Crippen LogP contribution < -0.4 is 11.1 Å². The molecule has 0 saturated heterocycles. The van der Waals surface area contributed by atoms with Gasteiger partial charge in [-0.05, 0) is 12.1 Å². The van der Waals surface area contributed by atoms with Gasteiger partial charge in [-0.2, -0.15) is 18.3 Å². The van der Waals surface area contributed by atoms with Gasteiger partial charge in [0.25, 0.3) is 0 Å². The number of H-pyrrole nitrogens is 1. The molecule has 0 aliphatic carbocycles. The van der Waals surface area contributed by atoms with E-state index in [4.69, 9.17) is 10.8 Å². The quantitative estimate of drug-likeness (QED) is 0.629. The van der Waals surface area contributed by atoms with E-state index in [0.717, 1.165) is 5.39 Å². The topological polar surface area (TPSA) is 87.0 Å². The van der Waals surface area contributed by atoms with Crippen molar-refractivity contribution in [2.45, 2.75) is 12.3 Å². The molecule has 1 aromatic carbocycles. The molecule has 18 heavy (non-hydrogen) atoms. The lowest BCUT2D eigenvalue weighted by atomic mass is 10.2. The van der Waals surface area contributed by atoms with Crippen molar-refractivity contribution in [3.05, 3.63) is 18.3 Å². The molecule has 1 heterocycles. The van der Waals surface area contributed by atoms with Crippen LogP contribution >= 0.6 is 0 Å². The number of rotatable bonds is 3. The third-order valence-electron chi connectivity index (χ3n) is 2.47. The van der Waals surface area contributed by atoms with Gasteiger partial charge in [0.05, 0.1) is 23.1 Å². The van der Waals surface area contributed by atoms with Crippen LogP contribution in [0.4, 0.5) is 24.5 Å². The summed E-state index contributed by atoms with van der Waals surface area (Å²) in [7, 11) is 0. The minimum Gasteiger partial charge on any atom is -0.397 e. The van der Waals surface area contributed by atoms with E-state index in [-0.39, 0.29) is 0 Å². The highest BCUT2D eigenvalue weighted by Gasteiger charge is 2.37. The summed E-state index contributed by atoms with van der Waals surface area (Å²) in [6.45, 7) is -0.659. The standard InChI is InChI=1S/C10H11F3N4O/c11-10(12,13)9(18)4-15-8-2-7-5(1-6(8)14)3-16-17-7/h1-3,9,15,18H,4,14H2,(H,16,17). The number of halogens is 3. The summed E-state index contributed by atoms with van der Waals surface area (Å²) in [4.78, 5) is 0. The smallest absolute Gasteiger partial charge is 0.397 e. The average Bonchev–Trinajstić information content (AvgIpc) is 2.70. The van der Waals surface area contributed by atoms with E-state index in [2.05, 4.69) is 15.5 Å². The molecule has 0 spiro atoms. The van der Waals surface area contributed by atoms with Gasteiger partial charge in [0.1, 0.15) is 0 Å². The minimum absolute atomic E-state index is 0.290. The Kier molecular flexibility index (Phi) is 3.04. The van der Waals surface area contributed by atoms with Crippen LogP contribution in [0.25, 0.3) is 10.9 Å². The molecule has 5 nitrogen and oxygen atoms in total. The Morgan fingerprint density at radius 2 is 2.17 bits per heavy atom. The van der Waals surface area contributed by atoms with E-state index in [1.165, 1.54) is 0 Å². The van der Waals surface area contributed by atoms with Crippen LogP contribution in [0.5, 0.6) is 0 Å². The van der Waals surface area contributed by atoms with Crippen molar-refractivity contribution in [1.29, 1.82) is 0 Å². The molecule has 0 bridgehead atoms. The molecule has 0 saturated carbocycles. The molecule has 8 heteroatoms. The van der Waals surface area contributed by atoms with Crippen LogP contribution in [0.3, 0.4) is 0 Å². The number of aliphatic hydroxyl groups is 1. The second-order valence-corrected chi connectivity index (χ2v) is 3.84. The molecule has 0 aliphatic rings. The fourth-order valence-corrected chi connectivity index (χ4v) is 1.48. The number of aromatic nitrogens is 2. The van der Waals surface area contributed by atoms with E-state index >= 15 is 0 Å². The van der Waals surface area contributed by atoms with Gasteiger partial charge in [-0.25, -0.2) is 0 Å². The van der Waals surface area contributed by atoms with E-state index in [1.54, 1.807) is 18.3 Å². The third-order valence-corrected chi connectivity index (χ3v) is 2.47. The number of aromatic amines is 1. The van der Waals surface area contributed by atoms with Crippen LogP contribution in [-0.4, -0.2) is 34.1 Å². The fourth-order valence-electron chi connectivity index (χ4n) is 1.48. The normalized spacial score (nSPS) is 13.8. The maximum atomic E-state index is 12.1. The lowest BCUT2D eigenvalue weighted by Gasteiger charge is -2.16. The number of hydrogen-bond donors (Lipinski definition) is 4. The van der Waals surface area contributed by atoms with Gasteiger partial charge in [-0.3, -0.25) is 5.10 Å². The number of nitrogens with two attached hydrogens (primary N) is 1. The number of benzene rings is 1. The Hall–Kier alpha value is -1.96. The van der Waals surface area contributed by atoms with Gasteiger partial charge in [0.2, 0.25) is 0 Å². The zero-order valence-electron chi connectivity index (χ0n) is 9.12. The van der Waals surface area contributed by atoms with Gasteiger partial charge < -0.3 is 16.2 Å². The number of aliphatic hydroxyl groups excluding tert-OH is 1. The van der Waals surface area contributed by atoms with Crippen LogP contribution in [0.15, 0.2) is 18.3 Å². The van der Waals surface area contributed by atoms with Crippen molar-refractivity contribution in [3.8, 4) is 0 Å². The zero-order valence-corrected chi connectivity index (χ0v) is 9.12. The third kappa shape index (κ3) is 2.48. The van der Waals surface area contributed by atoms with E-state index < -0.39 is 18.8 Å². The first-order valence-electron chi connectivity index (χ1n) is 5.09. The number of alkyl halides is 3. The monoisotopic (exact) mass is 260 g/mol. The van der Waals surface area contributed by atoms with Crippen molar-refractivity contribution in [2.75, 3.05) is 17.6 Å². The van der Waals surface area contributed by atoms with Gasteiger partial charge in [0.15, 0.2) is 6.10 Å². The van der Waals surface area contributed by atoms with Gasteiger partial charge in [0, 0.05) is 11.9 Å². The largest absolute Gasteiger partial charge is 0.416 e. The molecule has 0 fully saturated rings. The molecule has 0 radical (unpaired) electrons. The van der Waals surface area contributed by atoms with Crippen molar-refractivity contribution >= 4 is 22.3 Å². The number of nitrogens with zero attached hydrogens (tertiary/aromatic N) is 1. The summed E-state index contributed by atoms with van der Waals surface area (Å²) < 4.78 is 36.4. The predicted molar refractivity (Wildman–Crippen MR) is 61.1 cm³/mol. The van der Waals surface area contributed by atoms with E-state index in [0.29, 0.717) is 16.9 Å². The highest BCUT2D eigenvalue weighted by Crippen LogP contribution is 2.26. The van der Waals surface area contributed by atoms with Crippen molar-refractivity contribution in [1.82, 2.24) is 10.2 Å². The number of anilines is 2. The van der Waals surface area contributed by atoms with Crippen LogP contribution in [-0.2, 0) is 0 Å². The minimum atomic E-state index is -4.65.